The van der Waals surface area contributed by atoms with Gasteiger partial charge in [-0.2, -0.15) is 10.2 Å². The van der Waals surface area contributed by atoms with Crippen LogP contribution in [0.3, 0.4) is 0 Å². The lowest BCUT2D eigenvalue weighted by atomic mass is 9.91. The molecule has 0 spiro atoms. The normalized spacial score (nSPS) is 13.2. The summed E-state index contributed by atoms with van der Waals surface area (Å²) < 4.78 is 40.3. The Bertz CT molecular complexity index is 3110. The van der Waals surface area contributed by atoms with E-state index in [0.29, 0.717) is 41.6 Å². The van der Waals surface area contributed by atoms with Gasteiger partial charge in [0, 0.05) is 61.8 Å². The van der Waals surface area contributed by atoms with Crippen LogP contribution in [0.2, 0.25) is 0 Å². The fourth-order valence-corrected chi connectivity index (χ4v) is 10.3. The molecule has 2 aliphatic rings. The number of benzene rings is 2. The number of aromatic nitrogens is 12. The maximum Gasteiger partial charge on any atom is 0.273 e. The van der Waals surface area contributed by atoms with E-state index in [4.69, 9.17) is 14.5 Å². The number of rotatable bonds is 14. The van der Waals surface area contributed by atoms with Gasteiger partial charge >= 0.3 is 0 Å². The van der Waals surface area contributed by atoms with Crippen LogP contribution in [0.25, 0.3) is 22.3 Å². The molecule has 6 heterocycles. The number of hydrogen-bond donors (Lipinski definition) is 2. The second kappa shape index (κ2) is 19.1. The van der Waals surface area contributed by atoms with E-state index in [1.165, 1.54) is 57.6 Å². The van der Waals surface area contributed by atoms with Gasteiger partial charge in [0.15, 0.2) is 5.03 Å². The molecule has 18 heteroatoms. The number of fused-ring (bicyclic) bond motifs is 2. The van der Waals surface area contributed by atoms with Crippen LogP contribution < -0.4 is 9.47 Å². The topological polar surface area (TPSA) is 197 Å². The van der Waals surface area contributed by atoms with Crippen molar-refractivity contribution in [1.29, 1.82) is 0 Å². The third-order valence-corrected chi connectivity index (χ3v) is 14.2. The van der Waals surface area contributed by atoms with Crippen molar-refractivity contribution in [3.63, 3.8) is 0 Å². The average Bonchev–Trinajstić information content (AvgIpc) is 4.18. The molecule has 0 radical (unpaired) electrons. The van der Waals surface area contributed by atoms with Gasteiger partial charge in [0.2, 0.25) is 16.9 Å². The van der Waals surface area contributed by atoms with Crippen LogP contribution >= 0.6 is 11.8 Å². The van der Waals surface area contributed by atoms with Crippen LogP contribution in [0, 0.1) is 0 Å². The molecule has 0 aliphatic heterocycles. The van der Waals surface area contributed by atoms with Gasteiger partial charge < -0.3 is 9.47 Å². The van der Waals surface area contributed by atoms with Crippen LogP contribution in [0.1, 0.15) is 97.6 Å². The van der Waals surface area contributed by atoms with E-state index in [2.05, 4.69) is 83.7 Å². The second-order valence-corrected chi connectivity index (χ2v) is 19.7. The summed E-state index contributed by atoms with van der Waals surface area (Å²) in [6.45, 7) is 8.09. The van der Waals surface area contributed by atoms with E-state index < -0.39 is 9.84 Å². The van der Waals surface area contributed by atoms with Gasteiger partial charge in [-0.1, -0.05) is 24.3 Å². The number of nitrogens with one attached hydrogen (secondary N) is 2. The summed E-state index contributed by atoms with van der Waals surface area (Å²) in [6.07, 6.45) is 14.8. The fourth-order valence-electron chi connectivity index (χ4n) is 8.62. The smallest absolute Gasteiger partial charge is 0.273 e. The maximum absolute atomic E-state index is 13.0. The standard InChI is InChI=1S/C24H26N6O3S.C24H26N6OS/c1-15(2)30-12-10-23(29-30)34(31,32)24-26-21(27-28-24)14-20-18-6-4-5-16(18)7-8-19(20)17-9-11-25-22(13-17)33-3;1-15(2)30-12-10-23(29-30)32-24-26-21(27-28-24)14-20-18-6-4-5-16(18)7-8-19(20)17-9-11-25-22(13-17)31-3/h7-13,15H,4-6,14H2,1-3H3,(H,26,27,28);7-13,15H,4-6,14H2,1-3H3,(H,26,27,28). The Kier molecular flexibility index (Phi) is 12.9. The molecular formula is C48H52N12O4S2. The number of aryl methyl sites for hydroxylation is 2. The summed E-state index contributed by atoms with van der Waals surface area (Å²) in [5.41, 5.74) is 12.3. The van der Waals surface area contributed by atoms with Crippen LogP contribution in [-0.2, 0) is 48.4 Å². The van der Waals surface area contributed by atoms with Crippen LogP contribution in [0.4, 0.5) is 0 Å². The number of H-pyrrole nitrogens is 2. The highest BCUT2D eigenvalue weighted by Crippen LogP contribution is 2.37. The number of nitrogens with zero attached hydrogens (tertiary/aromatic N) is 10. The molecule has 0 fully saturated rings. The minimum Gasteiger partial charge on any atom is -0.481 e. The zero-order valence-corrected chi connectivity index (χ0v) is 39.4. The Morgan fingerprint density at radius 3 is 1.76 bits per heavy atom. The molecule has 0 saturated heterocycles. The molecule has 0 amide bonds. The van der Waals surface area contributed by atoms with Gasteiger partial charge in [-0.25, -0.2) is 28.4 Å². The monoisotopic (exact) mass is 924 g/mol. The predicted octanol–water partition coefficient (Wildman–Crippen LogP) is 8.45. The summed E-state index contributed by atoms with van der Waals surface area (Å²) in [7, 11) is -0.676. The van der Waals surface area contributed by atoms with Gasteiger partial charge in [0.1, 0.15) is 16.7 Å². The van der Waals surface area contributed by atoms with Crippen molar-refractivity contribution in [1.82, 2.24) is 59.9 Å². The van der Waals surface area contributed by atoms with Crippen molar-refractivity contribution >= 4 is 21.6 Å². The Balaban J connectivity index is 0.000000166. The minimum atomic E-state index is -3.92. The maximum atomic E-state index is 13.0. The van der Waals surface area contributed by atoms with Crippen molar-refractivity contribution in [2.45, 2.75) is 112 Å². The Morgan fingerprint density at radius 2 is 1.21 bits per heavy atom. The van der Waals surface area contributed by atoms with Gasteiger partial charge in [0.25, 0.3) is 15.0 Å². The largest absolute Gasteiger partial charge is 0.481 e. The first kappa shape index (κ1) is 44.5. The van der Waals surface area contributed by atoms with Gasteiger partial charge in [-0.15, -0.1) is 10.2 Å². The first-order valence-electron chi connectivity index (χ1n) is 22.1. The average molecular weight is 925 g/mol. The number of hydrogen-bond acceptors (Lipinski definition) is 13. The van der Waals surface area contributed by atoms with Gasteiger partial charge in [0.05, 0.1) is 14.2 Å². The number of aromatic amines is 2. The molecule has 66 heavy (non-hydrogen) atoms. The minimum absolute atomic E-state index is 0.0528. The Morgan fingerprint density at radius 1 is 0.667 bits per heavy atom. The summed E-state index contributed by atoms with van der Waals surface area (Å²) in [5.74, 6) is 2.51. The van der Waals surface area contributed by atoms with Crippen molar-refractivity contribution in [2.24, 2.45) is 0 Å². The molecule has 340 valence electrons. The highest BCUT2D eigenvalue weighted by molar-refractivity contribution is 7.99. The molecule has 0 unspecified atom stereocenters. The molecular weight excluding hydrogens is 873 g/mol. The molecule has 10 rings (SSSR count). The lowest BCUT2D eigenvalue weighted by Gasteiger charge is -2.15. The molecule has 2 N–H and O–H groups in total. The molecule has 0 atom stereocenters. The van der Waals surface area contributed by atoms with E-state index >= 15 is 0 Å². The molecule has 16 nitrogen and oxygen atoms in total. The summed E-state index contributed by atoms with van der Waals surface area (Å²) in [5, 5.41) is 24.5. The highest BCUT2D eigenvalue weighted by atomic mass is 32.2. The van der Waals surface area contributed by atoms with Gasteiger partial charge in [-0.05, 0) is 158 Å². The molecule has 8 aromatic rings. The van der Waals surface area contributed by atoms with Crippen molar-refractivity contribution in [2.75, 3.05) is 14.2 Å². The quantitative estimate of drug-likeness (QED) is 0.105. The molecule has 2 aromatic carbocycles. The van der Waals surface area contributed by atoms with E-state index in [9.17, 15) is 8.42 Å². The number of sulfone groups is 1. The Labute approximate surface area is 388 Å². The SMILES string of the molecule is COc1cc(-c2ccc3c(c2Cc2nc(S(=O)(=O)c4ccn(C(C)C)n4)n[nH]2)CCC3)ccn1.COc1cc(-c2ccc3c(c2Cc2nc(Sc4ccn(C(C)C)n4)n[nH]2)CCC3)ccn1. The molecule has 2 aliphatic carbocycles. The lowest BCUT2D eigenvalue weighted by molar-refractivity contribution is 0.398. The zero-order chi connectivity index (χ0) is 46.0. The van der Waals surface area contributed by atoms with Crippen molar-refractivity contribution in [3.8, 4) is 34.0 Å². The predicted molar refractivity (Wildman–Crippen MR) is 250 cm³/mol. The first-order chi connectivity index (χ1) is 32.0. The zero-order valence-electron chi connectivity index (χ0n) is 37.8. The summed E-state index contributed by atoms with van der Waals surface area (Å²) >= 11 is 1.48. The first-order valence-corrected chi connectivity index (χ1v) is 24.4. The molecule has 0 bridgehead atoms. The van der Waals surface area contributed by atoms with Crippen molar-refractivity contribution in [3.05, 3.63) is 130 Å². The highest BCUT2D eigenvalue weighted by Gasteiger charge is 2.28. The lowest BCUT2D eigenvalue weighted by Crippen LogP contribution is -2.08. The Hall–Kier alpha value is -6.66. The van der Waals surface area contributed by atoms with Crippen LogP contribution in [0.15, 0.2) is 106 Å². The van der Waals surface area contributed by atoms with Crippen LogP contribution in [-0.4, -0.2) is 82.5 Å². The van der Waals surface area contributed by atoms with E-state index in [0.717, 1.165) is 65.2 Å². The molecule has 0 saturated carbocycles. The second-order valence-electron chi connectivity index (χ2n) is 16.9. The third kappa shape index (κ3) is 9.37. The van der Waals surface area contributed by atoms with E-state index in [1.54, 1.807) is 37.5 Å². The fraction of sp³-hybridized carbons (Fsp3) is 0.333. The number of pyridine rings is 2. The summed E-state index contributed by atoms with van der Waals surface area (Å²) in [4.78, 5) is 17.6. The van der Waals surface area contributed by atoms with Crippen molar-refractivity contribution < 1.29 is 17.9 Å². The van der Waals surface area contributed by atoms with E-state index in [-0.39, 0.29) is 16.2 Å². The van der Waals surface area contributed by atoms with E-state index in [1.807, 2.05) is 55.1 Å². The van der Waals surface area contributed by atoms with Gasteiger partial charge in [-0.3, -0.25) is 19.6 Å². The summed E-state index contributed by atoms with van der Waals surface area (Å²) in [6, 6.07) is 20.5. The van der Waals surface area contributed by atoms with Crippen LogP contribution in [0.5, 0.6) is 11.8 Å². The number of ether oxygens (including phenoxy) is 2. The third-order valence-electron chi connectivity index (χ3n) is 12.0. The number of methoxy groups -OCH3 is 2. The molecule has 6 aromatic heterocycles.